The maximum Gasteiger partial charge on any atom is 0.153 e. The van der Waals surface area contributed by atoms with Crippen LogP contribution in [0.3, 0.4) is 0 Å². The van der Waals surface area contributed by atoms with Crippen LogP contribution in [0.2, 0.25) is 0 Å². The molecule has 2 heterocycles. The van der Waals surface area contributed by atoms with Crippen LogP contribution in [0.25, 0.3) is 5.82 Å². The summed E-state index contributed by atoms with van der Waals surface area (Å²) in [7, 11) is 0. The molecule has 0 spiro atoms. The lowest BCUT2D eigenvalue weighted by molar-refractivity contribution is 0.806. The molecule has 98 valence electrons. The number of nitrogen functional groups attached to an aromatic ring is 1. The predicted molar refractivity (Wildman–Crippen MR) is 76.3 cm³/mol. The van der Waals surface area contributed by atoms with Gasteiger partial charge in [-0.1, -0.05) is 0 Å². The number of rotatable bonds is 2. The third kappa shape index (κ3) is 3.21. The second kappa shape index (κ2) is 6.37. The monoisotopic (exact) mass is 287 g/mol. The van der Waals surface area contributed by atoms with E-state index in [-0.39, 0.29) is 30.6 Å². The first-order chi connectivity index (χ1) is 7.58. The quantitative estimate of drug-likeness (QED) is 0.655. The van der Waals surface area contributed by atoms with Crippen molar-refractivity contribution in [3.05, 3.63) is 41.3 Å². The molecule has 0 unspecified atom stereocenters. The number of nitrogens with zero attached hydrogens (tertiary/aromatic N) is 3. The van der Waals surface area contributed by atoms with Crippen molar-refractivity contribution in [3.8, 4) is 5.82 Å². The van der Waals surface area contributed by atoms with Crippen LogP contribution < -0.4 is 5.73 Å². The Morgan fingerprint density at radius 1 is 1.28 bits per heavy atom. The first-order valence-corrected chi connectivity index (χ1v) is 4.92. The molecule has 5 nitrogen and oxygen atoms in total. The minimum Gasteiger partial charge on any atom is -0.384 e. The number of amidine groups is 1. The van der Waals surface area contributed by atoms with Crippen molar-refractivity contribution in [2.45, 2.75) is 13.8 Å². The topological polar surface area (TPSA) is 80.6 Å². The molecule has 2 rings (SSSR count). The molecule has 3 N–H and O–H groups in total. The molecule has 0 aliphatic rings. The highest BCUT2D eigenvalue weighted by molar-refractivity contribution is 5.94. The predicted octanol–water partition coefficient (Wildman–Crippen LogP) is 2.01. The summed E-state index contributed by atoms with van der Waals surface area (Å²) in [5.41, 5.74) is 7.96. The average Bonchev–Trinajstić information content (AvgIpc) is 2.58. The molecule has 2 aromatic rings. The molecular formula is C11H15Cl2N5. The van der Waals surface area contributed by atoms with Gasteiger partial charge in [0.15, 0.2) is 5.82 Å². The van der Waals surface area contributed by atoms with Crippen molar-refractivity contribution in [1.82, 2.24) is 14.8 Å². The highest BCUT2D eigenvalue weighted by Gasteiger charge is 2.05. The number of nitrogens with one attached hydrogen (secondary N) is 1. The molecule has 0 saturated carbocycles. The van der Waals surface area contributed by atoms with Gasteiger partial charge in [0.1, 0.15) is 5.84 Å². The maximum atomic E-state index is 7.27. The van der Waals surface area contributed by atoms with Crippen LogP contribution >= 0.6 is 24.8 Å². The van der Waals surface area contributed by atoms with Gasteiger partial charge in [0, 0.05) is 17.5 Å². The van der Waals surface area contributed by atoms with E-state index < -0.39 is 0 Å². The summed E-state index contributed by atoms with van der Waals surface area (Å²) in [5.74, 6) is 0.753. The fourth-order valence-electron chi connectivity index (χ4n) is 1.53. The number of aromatic nitrogens is 3. The molecule has 18 heavy (non-hydrogen) atoms. The molecule has 0 bridgehead atoms. The third-order valence-electron chi connectivity index (χ3n) is 2.29. The van der Waals surface area contributed by atoms with Crippen molar-refractivity contribution in [3.63, 3.8) is 0 Å². The number of hydrogen-bond acceptors (Lipinski definition) is 3. The van der Waals surface area contributed by atoms with Gasteiger partial charge >= 0.3 is 0 Å². The lowest BCUT2D eigenvalue weighted by Gasteiger charge is -2.03. The van der Waals surface area contributed by atoms with Gasteiger partial charge in [-0.15, -0.1) is 24.8 Å². The third-order valence-corrected chi connectivity index (χ3v) is 2.29. The van der Waals surface area contributed by atoms with E-state index in [1.807, 2.05) is 19.9 Å². The van der Waals surface area contributed by atoms with Crippen LogP contribution in [0.5, 0.6) is 0 Å². The zero-order chi connectivity index (χ0) is 11.7. The van der Waals surface area contributed by atoms with Gasteiger partial charge in [0.25, 0.3) is 0 Å². The largest absolute Gasteiger partial charge is 0.384 e. The highest BCUT2D eigenvalue weighted by atomic mass is 35.5. The van der Waals surface area contributed by atoms with Gasteiger partial charge in [0.05, 0.1) is 5.69 Å². The number of halogens is 2. The van der Waals surface area contributed by atoms with E-state index >= 15 is 0 Å². The van der Waals surface area contributed by atoms with Gasteiger partial charge in [-0.3, -0.25) is 5.41 Å². The van der Waals surface area contributed by atoms with E-state index in [0.717, 1.165) is 17.2 Å². The Labute approximate surface area is 118 Å². The van der Waals surface area contributed by atoms with Crippen molar-refractivity contribution in [1.29, 1.82) is 5.41 Å². The van der Waals surface area contributed by atoms with Crippen LogP contribution in [-0.2, 0) is 0 Å². The smallest absolute Gasteiger partial charge is 0.153 e. The fraction of sp³-hybridized carbons (Fsp3) is 0.182. The Morgan fingerprint density at radius 3 is 2.33 bits per heavy atom. The summed E-state index contributed by atoms with van der Waals surface area (Å²) < 4.78 is 1.76. The van der Waals surface area contributed by atoms with Crippen LogP contribution in [0.15, 0.2) is 24.4 Å². The Morgan fingerprint density at radius 2 is 1.94 bits per heavy atom. The molecule has 0 atom stereocenters. The first kappa shape index (κ1) is 16.4. The molecular weight excluding hydrogens is 273 g/mol. The lowest BCUT2D eigenvalue weighted by Crippen LogP contribution is -2.12. The van der Waals surface area contributed by atoms with E-state index in [0.29, 0.717) is 5.56 Å². The van der Waals surface area contributed by atoms with Crippen molar-refractivity contribution in [2.24, 2.45) is 5.73 Å². The summed E-state index contributed by atoms with van der Waals surface area (Å²) >= 11 is 0. The molecule has 2 aromatic heterocycles. The molecule has 0 saturated heterocycles. The number of aryl methyl sites for hydroxylation is 2. The fourth-order valence-corrected chi connectivity index (χ4v) is 1.53. The second-order valence-corrected chi connectivity index (χ2v) is 3.66. The van der Waals surface area contributed by atoms with Gasteiger partial charge < -0.3 is 5.73 Å². The molecule has 0 aliphatic carbocycles. The first-order valence-electron chi connectivity index (χ1n) is 4.92. The molecule has 0 radical (unpaired) electrons. The Kier molecular flexibility index (Phi) is 5.81. The summed E-state index contributed by atoms with van der Waals surface area (Å²) in [6.07, 6.45) is 1.58. The van der Waals surface area contributed by atoms with Gasteiger partial charge in [-0.05, 0) is 32.0 Å². The minimum absolute atomic E-state index is 0. The molecule has 0 fully saturated rings. The SMILES string of the molecule is Cc1cc(C)n(-c2ccc(C(=N)N)cn2)n1.Cl.Cl. The van der Waals surface area contributed by atoms with Crippen molar-refractivity contribution in [2.75, 3.05) is 0 Å². The number of pyridine rings is 1. The summed E-state index contributed by atoms with van der Waals surface area (Å²) in [6, 6.07) is 5.55. The van der Waals surface area contributed by atoms with E-state index in [1.54, 1.807) is 23.0 Å². The Balaban J connectivity index is 0.00000144. The highest BCUT2D eigenvalue weighted by Crippen LogP contribution is 2.09. The van der Waals surface area contributed by atoms with Crippen molar-refractivity contribution >= 4 is 30.6 Å². The lowest BCUT2D eigenvalue weighted by atomic mass is 10.2. The van der Waals surface area contributed by atoms with Gasteiger partial charge in [0.2, 0.25) is 0 Å². The zero-order valence-electron chi connectivity index (χ0n) is 10.0. The number of hydrogen-bond donors (Lipinski definition) is 2. The van der Waals surface area contributed by atoms with E-state index in [2.05, 4.69) is 10.1 Å². The van der Waals surface area contributed by atoms with Crippen LogP contribution in [0, 0.1) is 19.3 Å². The number of nitrogens with two attached hydrogens (primary N) is 1. The Bertz CT molecular complexity index is 533. The van der Waals surface area contributed by atoms with Crippen LogP contribution in [0.1, 0.15) is 17.0 Å². The summed E-state index contributed by atoms with van der Waals surface area (Å²) in [6.45, 7) is 3.91. The minimum atomic E-state index is 0. The van der Waals surface area contributed by atoms with Crippen LogP contribution in [0.4, 0.5) is 0 Å². The molecule has 0 amide bonds. The van der Waals surface area contributed by atoms with Gasteiger partial charge in [-0.2, -0.15) is 5.10 Å². The second-order valence-electron chi connectivity index (χ2n) is 3.66. The van der Waals surface area contributed by atoms with Gasteiger partial charge in [-0.25, -0.2) is 9.67 Å². The van der Waals surface area contributed by atoms with Crippen molar-refractivity contribution < 1.29 is 0 Å². The zero-order valence-corrected chi connectivity index (χ0v) is 11.7. The van der Waals surface area contributed by atoms with E-state index in [1.165, 1.54) is 0 Å². The van der Waals surface area contributed by atoms with Crippen LogP contribution in [-0.4, -0.2) is 20.6 Å². The van der Waals surface area contributed by atoms with E-state index in [4.69, 9.17) is 11.1 Å². The molecule has 0 aliphatic heterocycles. The normalized spacial score (nSPS) is 9.22. The summed E-state index contributed by atoms with van der Waals surface area (Å²) in [4.78, 5) is 4.22. The maximum absolute atomic E-state index is 7.27. The standard InChI is InChI=1S/C11H13N5.2ClH/c1-7-5-8(2)16(15-7)10-4-3-9(6-14-10)11(12)13;;/h3-6H,1-2H3,(H3,12,13);2*1H. The average molecular weight is 288 g/mol. The molecule has 7 heteroatoms. The summed E-state index contributed by atoms with van der Waals surface area (Å²) in [5, 5.41) is 11.6. The van der Waals surface area contributed by atoms with E-state index in [9.17, 15) is 0 Å². The molecule has 0 aromatic carbocycles. The Hall–Kier alpha value is -1.59.